The zero-order chi connectivity index (χ0) is 12.0. The second kappa shape index (κ2) is 6.61. The van der Waals surface area contributed by atoms with Gasteiger partial charge in [-0.05, 0) is 50.1 Å². The molecule has 1 fully saturated rings. The minimum Gasteiger partial charge on any atom is -0.385 e. The van der Waals surface area contributed by atoms with Crippen LogP contribution in [-0.2, 0) is 4.74 Å². The van der Waals surface area contributed by atoms with E-state index in [0.717, 1.165) is 12.5 Å². The van der Waals surface area contributed by atoms with Crippen molar-refractivity contribution in [3.8, 4) is 0 Å². The second-order valence-corrected chi connectivity index (χ2v) is 6.18. The van der Waals surface area contributed by atoms with Gasteiger partial charge in [0.05, 0.1) is 0 Å². The summed E-state index contributed by atoms with van der Waals surface area (Å²) in [5.74, 6) is 0.903. The standard InChI is InChI=1S/C14H29NO/c1-14(2,3)13-7-5-9-15(11-8-13)10-6-12-16-4/h13H,5-12H2,1-4H3. The van der Waals surface area contributed by atoms with E-state index in [1.54, 1.807) is 7.11 Å². The molecule has 1 atom stereocenters. The Balaban J connectivity index is 2.29. The molecule has 1 heterocycles. The van der Waals surface area contributed by atoms with Crippen LogP contribution in [0.4, 0.5) is 0 Å². The molecule has 1 rings (SSSR count). The van der Waals surface area contributed by atoms with Crippen molar-refractivity contribution in [1.82, 2.24) is 4.90 Å². The van der Waals surface area contributed by atoms with E-state index in [1.165, 1.54) is 45.3 Å². The molecular formula is C14H29NO. The quantitative estimate of drug-likeness (QED) is 0.684. The lowest BCUT2D eigenvalue weighted by atomic mass is 9.77. The van der Waals surface area contributed by atoms with E-state index in [4.69, 9.17) is 4.74 Å². The maximum Gasteiger partial charge on any atom is 0.0474 e. The Bertz CT molecular complexity index is 186. The maximum absolute atomic E-state index is 5.11. The Kier molecular flexibility index (Phi) is 5.77. The highest BCUT2D eigenvalue weighted by molar-refractivity contribution is 4.78. The van der Waals surface area contributed by atoms with E-state index in [0.29, 0.717) is 5.41 Å². The topological polar surface area (TPSA) is 12.5 Å². The van der Waals surface area contributed by atoms with Crippen LogP contribution < -0.4 is 0 Å². The summed E-state index contributed by atoms with van der Waals surface area (Å²) in [7, 11) is 1.79. The molecule has 0 saturated carbocycles. The normalized spacial score (nSPS) is 24.4. The van der Waals surface area contributed by atoms with Crippen LogP contribution in [0.25, 0.3) is 0 Å². The molecule has 96 valence electrons. The molecule has 1 aliphatic heterocycles. The van der Waals surface area contributed by atoms with Gasteiger partial charge in [-0.1, -0.05) is 20.8 Å². The van der Waals surface area contributed by atoms with Crippen LogP contribution >= 0.6 is 0 Å². The van der Waals surface area contributed by atoms with Crippen molar-refractivity contribution in [1.29, 1.82) is 0 Å². The van der Waals surface area contributed by atoms with E-state index >= 15 is 0 Å². The van der Waals surface area contributed by atoms with Crippen LogP contribution in [0.3, 0.4) is 0 Å². The highest BCUT2D eigenvalue weighted by atomic mass is 16.5. The minimum absolute atomic E-state index is 0.489. The number of rotatable bonds is 4. The van der Waals surface area contributed by atoms with Crippen LogP contribution in [0.15, 0.2) is 0 Å². The van der Waals surface area contributed by atoms with Crippen molar-refractivity contribution >= 4 is 0 Å². The van der Waals surface area contributed by atoms with Crippen molar-refractivity contribution in [2.75, 3.05) is 33.4 Å². The molecule has 0 aromatic rings. The third kappa shape index (κ3) is 4.84. The molecule has 0 aromatic heterocycles. The summed E-state index contributed by atoms with van der Waals surface area (Å²) >= 11 is 0. The van der Waals surface area contributed by atoms with Gasteiger partial charge in [0.1, 0.15) is 0 Å². The molecule has 0 radical (unpaired) electrons. The lowest BCUT2D eigenvalue weighted by molar-refractivity contribution is 0.169. The van der Waals surface area contributed by atoms with Gasteiger partial charge in [-0.15, -0.1) is 0 Å². The summed E-state index contributed by atoms with van der Waals surface area (Å²) in [4.78, 5) is 2.62. The lowest BCUT2D eigenvalue weighted by Crippen LogP contribution is -2.27. The largest absolute Gasteiger partial charge is 0.385 e. The first-order valence-electron chi connectivity index (χ1n) is 6.75. The zero-order valence-corrected chi connectivity index (χ0v) is 11.6. The van der Waals surface area contributed by atoms with Gasteiger partial charge in [0.15, 0.2) is 0 Å². The second-order valence-electron chi connectivity index (χ2n) is 6.18. The molecule has 0 aliphatic carbocycles. The van der Waals surface area contributed by atoms with E-state index in [9.17, 15) is 0 Å². The predicted molar refractivity (Wildman–Crippen MR) is 69.7 cm³/mol. The molecule has 2 heteroatoms. The first kappa shape index (κ1) is 14.0. The Morgan fingerprint density at radius 3 is 2.56 bits per heavy atom. The number of methoxy groups -OCH3 is 1. The summed E-state index contributed by atoms with van der Waals surface area (Å²) in [5, 5.41) is 0. The molecule has 0 bridgehead atoms. The fourth-order valence-corrected chi connectivity index (χ4v) is 2.68. The van der Waals surface area contributed by atoms with E-state index in [-0.39, 0.29) is 0 Å². The summed E-state index contributed by atoms with van der Waals surface area (Å²) in [6.07, 6.45) is 5.33. The van der Waals surface area contributed by atoms with Crippen LogP contribution in [0.1, 0.15) is 46.5 Å². The van der Waals surface area contributed by atoms with Crippen LogP contribution in [0.2, 0.25) is 0 Å². The highest BCUT2D eigenvalue weighted by Crippen LogP contribution is 2.34. The van der Waals surface area contributed by atoms with E-state index < -0.39 is 0 Å². The monoisotopic (exact) mass is 227 g/mol. The number of likely N-dealkylation sites (tertiary alicyclic amines) is 1. The Labute approximate surface area is 101 Å². The Morgan fingerprint density at radius 1 is 1.19 bits per heavy atom. The van der Waals surface area contributed by atoms with Crippen molar-refractivity contribution in [2.24, 2.45) is 11.3 Å². The molecule has 1 unspecified atom stereocenters. The van der Waals surface area contributed by atoms with Gasteiger partial charge < -0.3 is 9.64 Å². The Hall–Kier alpha value is -0.0800. The lowest BCUT2D eigenvalue weighted by Gasteiger charge is -2.29. The summed E-state index contributed by atoms with van der Waals surface area (Å²) < 4.78 is 5.11. The van der Waals surface area contributed by atoms with Crippen LogP contribution in [0.5, 0.6) is 0 Å². The number of ether oxygens (including phenoxy) is 1. The molecule has 0 amide bonds. The van der Waals surface area contributed by atoms with Gasteiger partial charge in [-0.2, -0.15) is 0 Å². The fraction of sp³-hybridized carbons (Fsp3) is 1.00. The average molecular weight is 227 g/mol. The van der Waals surface area contributed by atoms with Gasteiger partial charge in [0.25, 0.3) is 0 Å². The van der Waals surface area contributed by atoms with Crippen molar-refractivity contribution in [2.45, 2.75) is 46.5 Å². The zero-order valence-electron chi connectivity index (χ0n) is 11.6. The SMILES string of the molecule is COCCCN1CCCC(C(C)(C)C)CC1. The van der Waals surface area contributed by atoms with Crippen molar-refractivity contribution < 1.29 is 4.74 Å². The van der Waals surface area contributed by atoms with Gasteiger partial charge in [-0.3, -0.25) is 0 Å². The highest BCUT2D eigenvalue weighted by Gasteiger charge is 2.26. The van der Waals surface area contributed by atoms with E-state index in [2.05, 4.69) is 25.7 Å². The van der Waals surface area contributed by atoms with Crippen molar-refractivity contribution in [3.05, 3.63) is 0 Å². The van der Waals surface area contributed by atoms with E-state index in [1.807, 2.05) is 0 Å². The molecule has 2 nitrogen and oxygen atoms in total. The number of nitrogens with zero attached hydrogens (tertiary/aromatic N) is 1. The summed E-state index contributed by atoms with van der Waals surface area (Å²) in [6, 6.07) is 0. The number of hydrogen-bond acceptors (Lipinski definition) is 2. The molecule has 0 aromatic carbocycles. The smallest absolute Gasteiger partial charge is 0.0474 e. The molecular weight excluding hydrogens is 198 g/mol. The third-order valence-electron chi connectivity index (χ3n) is 3.87. The van der Waals surface area contributed by atoms with Gasteiger partial charge >= 0.3 is 0 Å². The fourth-order valence-electron chi connectivity index (χ4n) is 2.68. The summed E-state index contributed by atoms with van der Waals surface area (Å²) in [6.45, 7) is 11.8. The minimum atomic E-state index is 0.489. The first-order valence-corrected chi connectivity index (χ1v) is 6.75. The molecule has 1 saturated heterocycles. The van der Waals surface area contributed by atoms with Gasteiger partial charge in [0, 0.05) is 20.3 Å². The van der Waals surface area contributed by atoms with Gasteiger partial charge in [0.2, 0.25) is 0 Å². The molecule has 0 spiro atoms. The molecule has 1 aliphatic rings. The van der Waals surface area contributed by atoms with Gasteiger partial charge in [-0.25, -0.2) is 0 Å². The maximum atomic E-state index is 5.11. The van der Waals surface area contributed by atoms with Crippen LogP contribution in [0, 0.1) is 11.3 Å². The number of hydrogen-bond donors (Lipinski definition) is 0. The first-order chi connectivity index (χ1) is 7.54. The summed E-state index contributed by atoms with van der Waals surface area (Å²) in [5.41, 5.74) is 0.489. The molecule has 16 heavy (non-hydrogen) atoms. The van der Waals surface area contributed by atoms with Crippen molar-refractivity contribution in [3.63, 3.8) is 0 Å². The predicted octanol–water partition coefficient (Wildman–Crippen LogP) is 3.17. The Morgan fingerprint density at radius 2 is 1.94 bits per heavy atom. The van der Waals surface area contributed by atoms with Crippen LogP contribution in [-0.4, -0.2) is 38.3 Å². The molecule has 0 N–H and O–H groups in total. The third-order valence-corrected chi connectivity index (χ3v) is 3.87. The average Bonchev–Trinajstić information content (AvgIpc) is 2.43.